The van der Waals surface area contributed by atoms with Crippen LogP contribution in [-0.4, -0.2) is 5.78 Å². The van der Waals surface area contributed by atoms with Gasteiger partial charge in [0.15, 0.2) is 5.78 Å². The Labute approximate surface area is 123 Å². The van der Waals surface area contributed by atoms with Crippen molar-refractivity contribution < 1.29 is 9.36 Å². The molecule has 2 aromatic carbocycles. The van der Waals surface area contributed by atoms with Crippen LogP contribution in [0, 0.1) is 0 Å². The lowest BCUT2D eigenvalue weighted by Crippen LogP contribution is -2.29. The maximum absolute atomic E-state index is 12.4. The molecule has 0 aliphatic rings. The Morgan fingerprint density at radius 3 is 2.57 bits per heavy atom. The molecule has 0 saturated heterocycles. The van der Waals surface area contributed by atoms with E-state index in [0.717, 1.165) is 10.8 Å². The molecule has 0 spiro atoms. The molecular formula is C18H15N2O+. The normalized spacial score (nSPS) is 11.0. The average Bonchev–Trinajstić information content (AvgIpc) is 2.53. The van der Waals surface area contributed by atoms with E-state index >= 15 is 0 Å². The molecule has 0 aliphatic heterocycles. The third-order valence-corrected chi connectivity index (χ3v) is 3.36. The van der Waals surface area contributed by atoms with E-state index in [0.29, 0.717) is 11.4 Å². The lowest BCUT2D eigenvalue weighted by molar-refractivity contribution is -0.552. The molecule has 0 fully saturated rings. The molecule has 0 unspecified atom stereocenters. The van der Waals surface area contributed by atoms with Crippen LogP contribution in [0.4, 0.5) is 5.82 Å². The van der Waals surface area contributed by atoms with Crippen molar-refractivity contribution in [2.75, 3.05) is 5.73 Å². The van der Waals surface area contributed by atoms with Gasteiger partial charge in [0, 0.05) is 17.7 Å². The van der Waals surface area contributed by atoms with Gasteiger partial charge in [-0.15, -0.1) is 0 Å². The van der Waals surface area contributed by atoms with E-state index < -0.39 is 0 Å². The van der Waals surface area contributed by atoms with E-state index in [9.17, 15) is 4.79 Å². The van der Waals surface area contributed by atoms with Gasteiger partial charge in [0.1, 0.15) is 0 Å². The minimum atomic E-state index is -0.0393. The second kappa shape index (κ2) is 5.59. The van der Waals surface area contributed by atoms with Crippen molar-refractivity contribution in [3.63, 3.8) is 0 Å². The van der Waals surface area contributed by atoms with Crippen LogP contribution in [0.15, 0.2) is 72.9 Å². The van der Waals surface area contributed by atoms with Crippen molar-refractivity contribution in [2.24, 2.45) is 0 Å². The smallest absolute Gasteiger partial charge is 0.276 e. The number of carbonyl (C=O) groups excluding carboxylic acids is 1. The molecule has 21 heavy (non-hydrogen) atoms. The van der Waals surface area contributed by atoms with E-state index in [1.807, 2.05) is 60.8 Å². The van der Waals surface area contributed by atoms with Crippen LogP contribution in [-0.2, 0) is 0 Å². The average molecular weight is 275 g/mol. The van der Waals surface area contributed by atoms with Gasteiger partial charge in [-0.25, -0.2) is 4.57 Å². The van der Waals surface area contributed by atoms with E-state index in [4.69, 9.17) is 5.73 Å². The number of nitrogens with zero attached hydrogens (tertiary/aromatic N) is 1. The molecule has 0 bridgehead atoms. The molecule has 1 aromatic heterocycles. The Morgan fingerprint density at radius 1 is 0.952 bits per heavy atom. The summed E-state index contributed by atoms with van der Waals surface area (Å²) in [6, 6.07) is 19.1. The van der Waals surface area contributed by atoms with Crippen LogP contribution in [0.2, 0.25) is 0 Å². The number of nitrogen functional groups attached to an aromatic ring is 1. The summed E-state index contributed by atoms with van der Waals surface area (Å²) in [5, 5.41) is 2.02. The van der Waals surface area contributed by atoms with Crippen LogP contribution >= 0.6 is 0 Å². The fourth-order valence-electron chi connectivity index (χ4n) is 2.28. The monoisotopic (exact) mass is 275 g/mol. The molecule has 0 amide bonds. The van der Waals surface area contributed by atoms with Gasteiger partial charge in [0.05, 0.1) is 12.4 Å². The Hall–Kier alpha value is -2.94. The molecule has 3 aromatic rings. The number of hydrogen-bond acceptors (Lipinski definition) is 2. The zero-order valence-electron chi connectivity index (χ0n) is 11.4. The molecule has 2 N–H and O–H groups in total. The summed E-state index contributed by atoms with van der Waals surface area (Å²) in [5.74, 6) is 0.544. The highest BCUT2D eigenvalue weighted by Crippen LogP contribution is 2.19. The summed E-state index contributed by atoms with van der Waals surface area (Å²) in [6.07, 6.45) is 5.03. The van der Waals surface area contributed by atoms with Crippen molar-refractivity contribution in [2.45, 2.75) is 0 Å². The highest BCUT2D eigenvalue weighted by Gasteiger charge is 2.07. The molecule has 3 nitrogen and oxygen atoms in total. The lowest BCUT2D eigenvalue weighted by atomic mass is 10.0. The molecule has 0 radical (unpaired) electrons. The van der Waals surface area contributed by atoms with Crippen LogP contribution in [0.3, 0.4) is 0 Å². The number of aromatic nitrogens is 1. The van der Waals surface area contributed by atoms with Crippen molar-refractivity contribution >= 4 is 28.6 Å². The second-order valence-corrected chi connectivity index (χ2v) is 4.74. The quantitative estimate of drug-likeness (QED) is 0.453. The number of rotatable bonds is 3. The molecular weight excluding hydrogens is 260 g/mol. The van der Waals surface area contributed by atoms with Crippen molar-refractivity contribution in [3.05, 3.63) is 78.5 Å². The number of nitrogens with two attached hydrogens (primary N) is 1. The summed E-state index contributed by atoms with van der Waals surface area (Å²) in [6.45, 7) is 0. The molecule has 0 saturated carbocycles. The lowest BCUT2D eigenvalue weighted by Gasteiger charge is -2.02. The number of pyridine rings is 1. The highest BCUT2D eigenvalue weighted by molar-refractivity contribution is 6.14. The van der Waals surface area contributed by atoms with E-state index in [-0.39, 0.29) is 5.78 Å². The Kier molecular flexibility index (Phi) is 3.48. The molecule has 0 aliphatic carbocycles. The first-order valence-corrected chi connectivity index (χ1v) is 6.71. The fraction of sp³-hybridized carbons (Fsp3) is 0. The van der Waals surface area contributed by atoms with Crippen molar-refractivity contribution in [3.8, 4) is 0 Å². The maximum atomic E-state index is 12.4. The number of allylic oxidation sites excluding steroid dienone is 1. The van der Waals surface area contributed by atoms with Gasteiger partial charge >= 0.3 is 0 Å². The molecule has 3 heteroatoms. The van der Waals surface area contributed by atoms with E-state index in [1.165, 1.54) is 6.08 Å². The fourth-order valence-corrected chi connectivity index (χ4v) is 2.28. The summed E-state index contributed by atoms with van der Waals surface area (Å²) in [7, 11) is 0. The minimum absolute atomic E-state index is 0.0393. The maximum Gasteiger partial charge on any atom is 0.276 e. The van der Waals surface area contributed by atoms with E-state index in [1.54, 1.807) is 16.8 Å². The summed E-state index contributed by atoms with van der Waals surface area (Å²) in [5.41, 5.74) is 6.53. The summed E-state index contributed by atoms with van der Waals surface area (Å²) in [4.78, 5) is 12.4. The van der Waals surface area contributed by atoms with Crippen LogP contribution in [0.1, 0.15) is 10.4 Å². The predicted octanol–water partition coefficient (Wildman–Crippen LogP) is 3.06. The van der Waals surface area contributed by atoms with Gasteiger partial charge in [-0.2, -0.15) is 0 Å². The van der Waals surface area contributed by atoms with Crippen LogP contribution in [0.25, 0.3) is 17.0 Å². The van der Waals surface area contributed by atoms with Crippen molar-refractivity contribution in [1.29, 1.82) is 0 Å². The number of fused-ring (bicyclic) bond motifs is 1. The zero-order chi connectivity index (χ0) is 14.7. The van der Waals surface area contributed by atoms with Crippen molar-refractivity contribution in [1.82, 2.24) is 0 Å². The van der Waals surface area contributed by atoms with Crippen LogP contribution < -0.4 is 10.3 Å². The first-order chi connectivity index (χ1) is 10.3. The third kappa shape index (κ3) is 2.67. The molecule has 1 heterocycles. The minimum Gasteiger partial charge on any atom is -0.289 e. The molecule has 3 rings (SSSR count). The largest absolute Gasteiger partial charge is 0.289 e. The third-order valence-electron chi connectivity index (χ3n) is 3.36. The first kappa shape index (κ1) is 13.1. The first-order valence-electron chi connectivity index (χ1n) is 6.71. The molecule has 0 atom stereocenters. The number of benzene rings is 2. The topological polar surface area (TPSA) is 47.0 Å². The van der Waals surface area contributed by atoms with Gasteiger partial charge in [0.25, 0.3) is 5.82 Å². The van der Waals surface area contributed by atoms with E-state index in [2.05, 4.69) is 0 Å². The Morgan fingerprint density at radius 2 is 1.71 bits per heavy atom. The zero-order valence-corrected chi connectivity index (χ0v) is 11.4. The summed E-state index contributed by atoms with van der Waals surface area (Å²) >= 11 is 0. The highest BCUT2D eigenvalue weighted by atomic mass is 16.1. The van der Waals surface area contributed by atoms with Gasteiger partial charge in [-0.3, -0.25) is 10.5 Å². The van der Waals surface area contributed by atoms with Crippen LogP contribution in [0.5, 0.6) is 0 Å². The Bertz CT molecular complexity index is 832. The number of anilines is 1. The van der Waals surface area contributed by atoms with Gasteiger partial charge in [-0.05, 0) is 16.8 Å². The standard InChI is InChI=1S/C18H14N2O/c19-18-10-3-4-12-20(18)13-11-17(21)16-9-5-7-14-6-1-2-8-15(14)16/h1-13,19H/p+1/b13-11+. The SMILES string of the molecule is Nc1cccc[n+]1/C=C/C(=O)c1cccc2ccccc12. The predicted molar refractivity (Wildman–Crippen MR) is 84.7 cm³/mol. The number of ketones is 1. The van der Waals surface area contributed by atoms with Gasteiger partial charge < -0.3 is 0 Å². The number of hydrogen-bond donors (Lipinski definition) is 1. The van der Waals surface area contributed by atoms with Gasteiger partial charge in [-0.1, -0.05) is 48.5 Å². The second-order valence-electron chi connectivity index (χ2n) is 4.74. The Balaban J connectivity index is 1.97. The van der Waals surface area contributed by atoms with Gasteiger partial charge in [0.2, 0.25) is 0 Å². The summed E-state index contributed by atoms with van der Waals surface area (Å²) < 4.78 is 1.71. The number of carbonyl (C=O) groups is 1. The molecule has 102 valence electrons.